The molecule has 0 saturated heterocycles. The van der Waals surface area contributed by atoms with Gasteiger partial charge in [-0.15, -0.1) is 0 Å². The highest BCUT2D eigenvalue weighted by Gasteiger charge is 2.51. The largest absolute Gasteiger partial charge is 0.363 e. The molecular weight excluding hydrogens is 368 g/mol. The fourth-order valence-electron chi connectivity index (χ4n) is 3.39. The van der Waals surface area contributed by atoms with Gasteiger partial charge in [0.05, 0.1) is 15.6 Å². The highest BCUT2D eigenvalue weighted by Crippen LogP contribution is 2.47. The Kier molecular flexibility index (Phi) is 3.95. The summed E-state index contributed by atoms with van der Waals surface area (Å²) >= 11 is 6.27. The van der Waals surface area contributed by atoms with Crippen LogP contribution in [-0.2, 0) is 5.72 Å². The average Bonchev–Trinajstić information content (AvgIpc) is 2.91. The van der Waals surface area contributed by atoms with Crippen molar-refractivity contribution in [1.82, 2.24) is 0 Å². The highest BCUT2D eigenvalue weighted by atomic mass is 35.5. The monoisotopic (exact) mass is 380 g/mol. The lowest BCUT2D eigenvalue weighted by atomic mass is 9.93. The highest BCUT2D eigenvalue weighted by molar-refractivity contribution is 6.34. The number of anilines is 1. The van der Waals surface area contributed by atoms with Crippen LogP contribution >= 0.6 is 11.6 Å². The van der Waals surface area contributed by atoms with Crippen LogP contribution in [0.4, 0.5) is 11.4 Å². The standard InChI is InChI=1S/C20H13ClN2O4/c21-17-12-14(23(26)27)10-11-18(17)22-19(24)15-8-4-5-9-16(15)20(22,25)13-6-2-1-3-7-13/h1-12,25H/t20-/m1/s1. The number of hydrogen-bond donors (Lipinski definition) is 1. The van der Waals surface area contributed by atoms with Gasteiger partial charge in [0.25, 0.3) is 11.6 Å². The number of halogens is 1. The number of fused-ring (bicyclic) bond motifs is 1. The molecule has 3 aromatic carbocycles. The van der Waals surface area contributed by atoms with Crippen molar-refractivity contribution in [2.75, 3.05) is 4.90 Å². The summed E-state index contributed by atoms with van der Waals surface area (Å²) < 4.78 is 0. The van der Waals surface area contributed by atoms with E-state index in [1.807, 2.05) is 0 Å². The molecule has 0 spiro atoms. The second-order valence-corrected chi connectivity index (χ2v) is 6.52. The van der Waals surface area contributed by atoms with Crippen LogP contribution < -0.4 is 4.90 Å². The Labute approximate surface area is 159 Å². The van der Waals surface area contributed by atoms with Crippen LogP contribution in [0.5, 0.6) is 0 Å². The molecule has 7 heteroatoms. The smallest absolute Gasteiger partial charge is 0.271 e. The molecule has 3 aromatic rings. The molecule has 0 fully saturated rings. The molecule has 1 atom stereocenters. The van der Waals surface area contributed by atoms with Crippen molar-refractivity contribution in [3.8, 4) is 0 Å². The number of non-ortho nitro benzene ring substituents is 1. The summed E-state index contributed by atoms with van der Waals surface area (Å²) in [6, 6.07) is 19.3. The van der Waals surface area contributed by atoms with Gasteiger partial charge in [0.15, 0.2) is 5.72 Å². The number of carbonyl (C=O) groups excluding carboxylic acids is 1. The fourth-order valence-corrected chi connectivity index (χ4v) is 3.65. The predicted molar refractivity (Wildman–Crippen MR) is 101 cm³/mol. The number of hydrogen-bond acceptors (Lipinski definition) is 4. The molecular formula is C20H13ClN2O4. The zero-order valence-corrected chi connectivity index (χ0v) is 14.6. The van der Waals surface area contributed by atoms with Gasteiger partial charge < -0.3 is 5.11 Å². The molecule has 1 aliphatic rings. The first-order valence-corrected chi connectivity index (χ1v) is 8.48. The molecule has 0 unspecified atom stereocenters. The van der Waals surface area contributed by atoms with Gasteiger partial charge in [-0.25, -0.2) is 0 Å². The Balaban J connectivity index is 1.97. The minimum atomic E-state index is -1.78. The number of nitro benzene ring substituents is 1. The molecule has 0 aliphatic carbocycles. The molecule has 1 amide bonds. The Morgan fingerprint density at radius 1 is 1.00 bits per heavy atom. The van der Waals surface area contributed by atoms with E-state index < -0.39 is 16.6 Å². The van der Waals surface area contributed by atoms with Crippen molar-refractivity contribution in [2.45, 2.75) is 5.72 Å². The molecule has 134 valence electrons. The van der Waals surface area contributed by atoms with Crippen molar-refractivity contribution >= 4 is 28.9 Å². The molecule has 0 bridgehead atoms. The van der Waals surface area contributed by atoms with Gasteiger partial charge in [0.1, 0.15) is 0 Å². The first kappa shape index (κ1) is 17.2. The van der Waals surface area contributed by atoms with E-state index in [1.54, 1.807) is 54.6 Å². The Morgan fingerprint density at radius 2 is 1.67 bits per heavy atom. The van der Waals surface area contributed by atoms with Crippen LogP contribution in [0.2, 0.25) is 5.02 Å². The number of aliphatic hydroxyl groups is 1. The molecule has 0 aromatic heterocycles. The van der Waals surface area contributed by atoms with Crippen LogP contribution in [0.3, 0.4) is 0 Å². The lowest BCUT2D eigenvalue weighted by molar-refractivity contribution is -0.384. The molecule has 0 radical (unpaired) electrons. The van der Waals surface area contributed by atoms with Crippen molar-refractivity contribution in [3.63, 3.8) is 0 Å². The quantitative estimate of drug-likeness (QED) is 0.547. The van der Waals surface area contributed by atoms with Crippen molar-refractivity contribution < 1.29 is 14.8 Å². The Morgan fingerprint density at radius 3 is 2.33 bits per heavy atom. The summed E-state index contributed by atoms with van der Waals surface area (Å²) in [5, 5.41) is 22.7. The minimum absolute atomic E-state index is 0.000266. The predicted octanol–water partition coefficient (Wildman–Crippen LogP) is 4.10. The number of amides is 1. The first-order chi connectivity index (χ1) is 12.9. The average molecular weight is 381 g/mol. The maximum absolute atomic E-state index is 13.1. The van der Waals surface area contributed by atoms with E-state index in [2.05, 4.69) is 0 Å². The van der Waals surface area contributed by atoms with E-state index in [0.717, 1.165) is 0 Å². The molecule has 1 aliphatic heterocycles. The zero-order valence-electron chi connectivity index (χ0n) is 13.9. The van der Waals surface area contributed by atoms with Gasteiger partial charge in [-0.2, -0.15) is 0 Å². The van der Waals surface area contributed by atoms with Crippen molar-refractivity contribution in [3.05, 3.63) is 105 Å². The van der Waals surface area contributed by atoms with Crippen LogP contribution in [0.1, 0.15) is 21.5 Å². The van der Waals surface area contributed by atoms with Gasteiger partial charge in [-0.1, -0.05) is 60.1 Å². The third kappa shape index (κ3) is 2.50. The van der Waals surface area contributed by atoms with Gasteiger partial charge >= 0.3 is 0 Å². The molecule has 0 saturated carbocycles. The summed E-state index contributed by atoms with van der Waals surface area (Å²) in [4.78, 5) is 24.7. The summed E-state index contributed by atoms with van der Waals surface area (Å²) in [7, 11) is 0. The van der Waals surface area contributed by atoms with Crippen LogP contribution in [-0.4, -0.2) is 15.9 Å². The van der Waals surface area contributed by atoms with Crippen molar-refractivity contribution in [2.24, 2.45) is 0 Å². The van der Waals surface area contributed by atoms with Gasteiger partial charge in [0.2, 0.25) is 0 Å². The fraction of sp³-hybridized carbons (Fsp3) is 0.0500. The topological polar surface area (TPSA) is 83.7 Å². The van der Waals surface area contributed by atoms with E-state index in [9.17, 15) is 20.0 Å². The number of carbonyl (C=O) groups is 1. The van der Waals surface area contributed by atoms with E-state index in [-0.39, 0.29) is 16.4 Å². The normalized spacial score (nSPS) is 18.4. The minimum Gasteiger partial charge on any atom is -0.363 e. The van der Waals surface area contributed by atoms with Gasteiger partial charge in [-0.3, -0.25) is 19.8 Å². The molecule has 27 heavy (non-hydrogen) atoms. The van der Waals surface area contributed by atoms with Gasteiger partial charge in [-0.05, 0) is 12.1 Å². The Bertz CT molecular complexity index is 1070. The summed E-state index contributed by atoms with van der Waals surface area (Å²) in [5.41, 5.74) is -0.535. The molecule has 6 nitrogen and oxygen atoms in total. The lowest BCUT2D eigenvalue weighted by Crippen LogP contribution is -2.45. The number of rotatable bonds is 3. The molecule has 4 rings (SSSR count). The zero-order chi connectivity index (χ0) is 19.2. The van der Waals surface area contributed by atoms with E-state index in [4.69, 9.17) is 11.6 Å². The number of nitro groups is 1. The first-order valence-electron chi connectivity index (χ1n) is 8.10. The number of benzene rings is 3. The van der Waals surface area contributed by atoms with E-state index >= 15 is 0 Å². The SMILES string of the molecule is O=C1c2ccccc2[C@](O)(c2ccccc2)N1c1ccc([N+](=O)[O-])cc1Cl. The second-order valence-electron chi connectivity index (χ2n) is 6.12. The van der Waals surface area contributed by atoms with E-state index in [1.165, 1.54) is 23.1 Å². The summed E-state index contributed by atoms with van der Waals surface area (Å²) in [5.74, 6) is -0.437. The van der Waals surface area contributed by atoms with Crippen molar-refractivity contribution in [1.29, 1.82) is 0 Å². The van der Waals surface area contributed by atoms with Crippen LogP contribution in [0.25, 0.3) is 0 Å². The second kappa shape index (κ2) is 6.19. The Hall–Kier alpha value is -3.22. The third-order valence-electron chi connectivity index (χ3n) is 4.62. The van der Waals surface area contributed by atoms with Crippen LogP contribution in [0, 0.1) is 10.1 Å². The summed E-state index contributed by atoms with van der Waals surface area (Å²) in [6.45, 7) is 0. The maximum atomic E-state index is 13.1. The number of nitrogens with zero attached hydrogens (tertiary/aromatic N) is 2. The lowest BCUT2D eigenvalue weighted by Gasteiger charge is -2.35. The maximum Gasteiger partial charge on any atom is 0.271 e. The van der Waals surface area contributed by atoms with Gasteiger partial charge in [0, 0.05) is 28.8 Å². The molecule has 1 N–H and O–H groups in total. The third-order valence-corrected chi connectivity index (χ3v) is 4.92. The molecule has 1 heterocycles. The van der Waals surface area contributed by atoms with Crippen LogP contribution in [0.15, 0.2) is 72.8 Å². The summed E-state index contributed by atoms with van der Waals surface area (Å²) in [6.07, 6.45) is 0. The van der Waals surface area contributed by atoms with E-state index in [0.29, 0.717) is 16.7 Å².